The molecule has 2 nitrogen and oxygen atoms in total. The molecule has 1 heterocycles. The van der Waals surface area contributed by atoms with E-state index in [0.717, 1.165) is 28.6 Å². The molecule has 0 radical (unpaired) electrons. The van der Waals surface area contributed by atoms with Crippen molar-refractivity contribution in [2.75, 3.05) is 5.88 Å². The quantitative estimate of drug-likeness (QED) is 0.619. The Morgan fingerprint density at radius 1 is 0.952 bits per heavy atom. The van der Waals surface area contributed by atoms with E-state index in [4.69, 9.17) is 16.3 Å². The lowest BCUT2D eigenvalue weighted by Gasteiger charge is -2.19. The highest BCUT2D eigenvalue weighted by molar-refractivity contribution is 6.17. The Labute approximate surface area is 129 Å². The van der Waals surface area contributed by atoms with E-state index in [1.165, 1.54) is 0 Å². The monoisotopic (exact) mass is 297 g/mol. The molecule has 21 heavy (non-hydrogen) atoms. The molecular formula is C18H16ClNO. The van der Waals surface area contributed by atoms with Crippen molar-refractivity contribution in [2.45, 2.75) is 12.5 Å². The number of halogens is 1. The third-order valence-electron chi connectivity index (χ3n) is 3.42. The molecule has 0 fully saturated rings. The minimum absolute atomic E-state index is 0.0468. The summed E-state index contributed by atoms with van der Waals surface area (Å²) >= 11 is 5.94. The Kier molecular flexibility index (Phi) is 4.37. The summed E-state index contributed by atoms with van der Waals surface area (Å²) in [5, 5.41) is 1.02. The molecule has 3 aromatic rings. The number of nitrogens with zero attached hydrogens (tertiary/aromatic N) is 1. The van der Waals surface area contributed by atoms with Gasteiger partial charge in [0.1, 0.15) is 11.9 Å². The fraction of sp³-hybridized carbons (Fsp3) is 0.167. The zero-order valence-corrected chi connectivity index (χ0v) is 12.3. The minimum atomic E-state index is -0.0468. The second-order valence-electron chi connectivity index (χ2n) is 4.82. The lowest BCUT2D eigenvalue weighted by molar-refractivity contribution is 0.205. The predicted molar refractivity (Wildman–Crippen MR) is 86.9 cm³/mol. The van der Waals surface area contributed by atoms with Gasteiger partial charge in [-0.3, -0.25) is 4.98 Å². The first-order chi connectivity index (χ1) is 10.4. The van der Waals surface area contributed by atoms with E-state index >= 15 is 0 Å². The van der Waals surface area contributed by atoms with Gasteiger partial charge in [-0.1, -0.05) is 36.4 Å². The molecular weight excluding hydrogens is 282 g/mol. The van der Waals surface area contributed by atoms with Gasteiger partial charge in [0, 0.05) is 23.9 Å². The second kappa shape index (κ2) is 6.59. The van der Waals surface area contributed by atoms with Gasteiger partial charge in [-0.25, -0.2) is 0 Å². The van der Waals surface area contributed by atoms with Gasteiger partial charge in [0.2, 0.25) is 0 Å². The molecule has 0 saturated heterocycles. The summed E-state index contributed by atoms with van der Waals surface area (Å²) in [5.41, 5.74) is 2.08. The van der Waals surface area contributed by atoms with E-state index in [-0.39, 0.29) is 6.10 Å². The van der Waals surface area contributed by atoms with Gasteiger partial charge >= 0.3 is 0 Å². The molecule has 106 valence electrons. The van der Waals surface area contributed by atoms with Crippen LogP contribution in [0.3, 0.4) is 0 Å². The fourth-order valence-corrected chi connectivity index (χ4v) is 2.59. The van der Waals surface area contributed by atoms with Crippen LogP contribution in [-0.4, -0.2) is 10.9 Å². The standard InChI is InChI=1S/C18H16ClNO/c19-12-11-17(14-6-2-1-3-7-14)21-18-10-4-9-16-15(18)8-5-13-20-16/h1-10,13,17H,11-12H2. The maximum Gasteiger partial charge on any atom is 0.129 e. The normalized spacial score (nSPS) is 12.2. The number of rotatable bonds is 5. The van der Waals surface area contributed by atoms with Crippen LogP contribution in [-0.2, 0) is 0 Å². The molecule has 1 aromatic heterocycles. The van der Waals surface area contributed by atoms with Gasteiger partial charge < -0.3 is 4.74 Å². The van der Waals surface area contributed by atoms with Crippen LogP contribution in [0.4, 0.5) is 0 Å². The van der Waals surface area contributed by atoms with Gasteiger partial charge in [0.15, 0.2) is 0 Å². The Hall–Kier alpha value is -2.06. The van der Waals surface area contributed by atoms with E-state index in [2.05, 4.69) is 17.1 Å². The SMILES string of the molecule is ClCCC(Oc1cccc2ncccc12)c1ccccc1. The number of pyridine rings is 1. The van der Waals surface area contributed by atoms with Crippen LogP contribution in [0, 0.1) is 0 Å². The lowest BCUT2D eigenvalue weighted by atomic mass is 10.1. The average molecular weight is 298 g/mol. The molecule has 0 N–H and O–H groups in total. The fourth-order valence-electron chi connectivity index (χ4n) is 2.39. The van der Waals surface area contributed by atoms with E-state index < -0.39 is 0 Å². The molecule has 0 aliphatic rings. The van der Waals surface area contributed by atoms with Crippen molar-refractivity contribution in [1.82, 2.24) is 4.98 Å². The highest BCUT2D eigenvalue weighted by Crippen LogP contribution is 2.30. The molecule has 1 unspecified atom stereocenters. The number of benzene rings is 2. The smallest absolute Gasteiger partial charge is 0.129 e. The van der Waals surface area contributed by atoms with E-state index in [9.17, 15) is 0 Å². The average Bonchev–Trinajstić information content (AvgIpc) is 2.55. The zero-order valence-electron chi connectivity index (χ0n) is 11.6. The number of fused-ring (bicyclic) bond motifs is 1. The number of alkyl halides is 1. The third kappa shape index (κ3) is 3.17. The molecule has 1 atom stereocenters. The van der Waals surface area contributed by atoms with E-state index in [1.807, 2.05) is 48.5 Å². The Balaban J connectivity index is 1.95. The number of ether oxygens (including phenoxy) is 1. The van der Waals surface area contributed by atoms with E-state index in [1.54, 1.807) is 6.20 Å². The molecule has 2 aromatic carbocycles. The van der Waals surface area contributed by atoms with Crippen LogP contribution in [0.1, 0.15) is 18.1 Å². The summed E-state index contributed by atoms with van der Waals surface area (Å²) < 4.78 is 6.23. The molecule has 0 aliphatic carbocycles. The summed E-state index contributed by atoms with van der Waals surface area (Å²) in [6.07, 6.45) is 2.51. The first kappa shape index (κ1) is 13.9. The van der Waals surface area contributed by atoms with Crippen LogP contribution in [0.15, 0.2) is 66.9 Å². The Morgan fingerprint density at radius 3 is 2.62 bits per heavy atom. The number of hydrogen-bond donors (Lipinski definition) is 0. The van der Waals surface area contributed by atoms with Crippen molar-refractivity contribution >= 4 is 22.5 Å². The number of aromatic nitrogens is 1. The third-order valence-corrected chi connectivity index (χ3v) is 3.64. The van der Waals surface area contributed by atoms with E-state index in [0.29, 0.717) is 5.88 Å². The van der Waals surface area contributed by atoms with Gasteiger partial charge in [0.05, 0.1) is 5.52 Å². The second-order valence-corrected chi connectivity index (χ2v) is 5.20. The van der Waals surface area contributed by atoms with Gasteiger partial charge in [0.25, 0.3) is 0 Å². The molecule has 0 amide bonds. The maximum absolute atomic E-state index is 6.23. The molecule has 0 spiro atoms. The van der Waals surface area contributed by atoms with Gasteiger partial charge in [-0.05, 0) is 29.8 Å². The van der Waals surface area contributed by atoms with Crippen LogP contribution in [0.2, 0.25) is 0 Å². The first-order valence-electron chi connectivity index (χ1n) is 7.00. The Bertz CT molecular complexity index is 709. The zero-order chi connectivity index (χ0) is 14.5. The predicted octanol–water partition coefficient (Wildman–Crippen LogP) is 4.98. The summed E-state index contributed by atoms with van der Waals surface area (Å²) in [6, 6.07) is 20.1. The molecule has 3 heteroatoms. The van der Waals surface area contributed by atoms with Crippen LogP contribution >= 0.6 is 11.6 Å². The summed E-state index contributed by atoms with van der Waals surface area (Å²) in [7, 11) is 0. The van der Waals surface area contributed by atoms with Crippen molar-refractivity contribution in [3.05, 3.63) is 72.4 Å². The highest BCUT2D eigenvalue weighted by atomic mass is 35.5. The summed E-state index contributed by atoms with van der Waals surface area (Å²) in [5.74, 6) is 1.40. The van der Waals surface area contributed by atoms with Crippen LogP contribution in [0.5, 0.6) is 5.75 Å². The minimum Gasteiger partial charge on any atom is -0.485 e. The molecule has 0 bridgehead atoms. The molecule has 0 saturated carbocycles. The molecule has 0 aliphatic heterocycles. The number of hydrogen-bond acceptors (Lipinski definition) is 2. The van der Waals surface area contributed by atoms with Gasteiger partial charge in [-0.2, -0.15) is 0 Å². The maximum atomic E-state index is 6.23. The van der Waals surface area contributed by atoms with Crippen molar-refractivity contribution < 1.29 is 4.74 Å². The highest BCUT2D eigenvalue weighted by Gasteiger charge is 2.14. The summed E-state index contributed by atoms with van der Waals surface area (Å²) in [4.78, 5) is 4.36. The largest absolute Gasteiger partial charge is 0.485 e. The van der Waals surface area contributed by atoms with Gasteiger partial charge in [-0.15, -0.1) is 11.6 Å². The van der Waals surface area contributed by atoms with Crippen LogP contribution < -0.4 is 4.74 Å². The molecule has 3 rings (SSSR count). The van der Waals surface area contributed by atoms with Crippen molar-refractivity contribution in [3.63, 3.8) is 0 Å². The van der Waals surface area contributed by atoms with Crippen molar-refractivity contribution in [1.29, 1.82) is 0 Å². The van der Waals surface area contributed by atoms with Crippen molar-refractivity contribution in [3.8, 4) is 5.75 Å². The first-order valence-corrected chi connectivity index (χ1v) is 7.53. The van der Waals surface area contributed by atoms with Crippen LogP contribution in [0.25, 0.3) is 10.9 Å². The Morgan fingerprint density at radius 2 is 1.81 bits per heavy atom. The van der Waals surface area contributed by atoms with Crippen molar-refractivity contribution in [2.24, 2.45) is 0 Å². The lowest BCUT2D eigenvalue weighted by Crippen LogP contribution is -2.08. The summed E-state index contributed by atoms with van der Waals surface area (Å²) in [6.45, 7) is 0. The topological polar surface area (TPSA) is 22.1 Å².